The molecule has 1 saturated carbocycles. The van der Waals surface area contributed by atoms with Crippen LogP contribution in [0.2, 0.25) is 0 Å². The van der Waals surface area contributed by atoms with Gasteiger partial charge in [0.25, 0.3) is 0 Å². The van der Waals surface area contributed by atoms with Crippen LogP contribution in [0, 0.1) is 0 Å². The first-order valence-electron chi connectivity index (χ1n) is 12.7. The van der Waals surface area contributed by atoms with Gasteiger partial charge in [-0.05, 0) is 62.1 Å². The summed E-state index contributed by atoms with van der Waals surface area (Å²) in [5.74, 6) is 0.955. The van der Waals surface area contributed by atoms with Gasteiger partial charge in [-0.3, -0.25) is 9.38 Å². The van der Waals surface area contributed by atoms with Gasteiger partial charge in [0.2, 0.25) is 0 Å². The molecule has 14 heteroatoms. The maximum absolute atomic E-state index is 13.3. The largest absolute Gasteiger partial charge is 0.382 e. The van der Waals surface area contributed by atoms with Crippen molar-refractivity contribution in [1.82, 2.24) is 19.6 Å². The van der Waals surface area contributed by atoms with Crippen LogP contribution >= 0.6 is 10.2 Å². The Balaban J connectivity index is 1.24. The van der Waals surface area contributed by atoms with E-state index in [1.807, 2.05) is 24.4 Å². The normalized spacial score (nSPS) is 20.3. The maximum Gasteiger partial charge on any atom is 0.310 e. The highest BCUT2D eigenvalue weighted by atomic mass is 32.5. The zero-order valence-electron chi connectivity index (χ0n) is 21.6. The molecule has 2 aromatic carbocycles. The minimum absolute atomic E-state index is 0.159. The number of fused-ring (bicyclic) bond motifs is 1. The molecule has 7 nitrogen and oxygen atoms in total. The first-order chi connectivity index (χ1) is 18.5. The van der Waals surface area contributed by atoms with Crippen molar-refractivity contribution in [3.05, 3.63) is 66.7 Å². The van der Waals surface area contributed by atoms with Gasteiger partial charge in [0.1, 0.15) is 10.7 Å². The monoisotopic (exact) mass is 601 g/mol. The van der Waals surface area contributed by atoms with Gasteiger partial charge in [-0.15, -0.1) is 10.2 Å². The van der Waals surface area contributed by atoms with E-state index >= 15 is 0 Å². The van der Waals surface area contributed by atoms with Gasteiger partial charge >= 0.3 is 10.2 Å². The Morgan fingerprint density at radius 1 is 0.900 bits per heavy atom. The van der Waals surface area contributed by atoms with Gasteiger partial charge in [-0.1, -0.05) is 45.4 Å². The zero-order valence-corrected chi connectivity index (χ0v) is 23.3. The van der Waals surface area contributed by atoms with E-state index in [0.717, 1.165) is 23.5 Å². The molecule has 0 aliphatic heterocycles. The molecule has 4 aromatic rings. The van der Waals surface area contributed by atoms with Crippen LogP contribution in [-0.2, 0) is 9.84 Å². The van der Waals surface area contributed by atoms with Crippen molar-refractivity contribution < 1.29 is 27.8 Å². The molecule has 0 atom stereocenters. The quantitative estimate of drug-likeness (QED) is 0.218. The molecule has 1 fully saturated rings. The predicted octanol–water partition coefficient (Wildman–Crippen LogP) is 7.77. The van der Waals surface area contributed by atoms with Gasteiger partial charge in [0, 0.05) is 29.4 Å². The number of nitrogens with zero attached hydrogens (tertiary/aromatic N) is 4. The molecule has 1 aliphatic carbocycles. The molecular weight excluding hydrogens is 573 g/mol. The molecule has 1 N–H and O–H groups in total. The van der Waals surface area contributed by atoms with Crippen LogP contribution in [0.25, 0.3) is 16.9 Å². The molecule has 1 aliphatic rings. The van der Waals surface area contributed by atoms with E-state index in [2.05, 4.69) is 20.5 Å². The minimum atomic E-state index is -9.72. The number of hydrogen-bond donors (Lipinski definition) is 1. The molecule has 0 unspecified atom stereocenters. The molecule has 0 radical (unpaired) electrons. The number of sulfone groups is 1. The van der Waals surface area contributed by atoms with Gasteiger partial charge < -0.3 is 5.32 Å². The Hall–Kier alpha value is -3.26. The van der Waals surface area contributed by atoms with Gasteiger partial charge in [-0.25, -0.2) is 8.42 Å². The third-order valence-corrected chi connectivity index (χ3v) is 10.5. The Bertz CT molecular complexity index is 1650. The molecule has 0 amide bonds. The number of rotatable bonds is 7. The van der Waals surface area contributed by atoms with Crippen LogP contribution in [0.15, 0.2) is 70.7 Å². The van der Waals surface area contributed by atoms with Crippen LogP contribution in [0.1, 0.15) is 51.3 Å². The lowest BCUT2D eigenvalue weighted by atomic mass is 9.95. The van der Waals surface area contributed by atoms with Crippen molar-refractivity contribution in [2.75, 3.05) is 5.32 Å². The van der Waals surface area contributed by atoms with Crippen LogP contribution in [0.4, 0.5) is 25.1 Å². The summed E-state index contributed by atoms with van der Waals surface area (Å²) in [6, 6.07) is 9.04. The Morgan fingerprint density at radius 3 is 2.10 bits per heavy atom. The van der Waals surface area contributed by atoms with Crippen LogP contribution in [-0.4, -0.2) is 39.3 Å². The summed E-state index contributed by atoms with van der Waals surface area (Å²) in [6.45, 7) is 4.03. The summed E-state index contributed by atoms with van der Waals surface area (Å²) < 4.78 is 93.2. The summed E-state index contributed by atoms with van der Waals surface area (Å²) >= 11 is 0. The smallest absolute Gasteiger partial charge is 0.310 e. The van der Waals surface area contributed by atoms with Gasteiger partial charge in [0.05, 0.1) is 22.0 Å². The number of benzene rings is 2. The second-order valence-corrected chi connectivity index (χ2v) is 15.0. The Morgan fingerprint density at radius 2 is 1.52 bits per heavy atom. The molecule has 2 heterocycles. The third kappa shape index (κ3) is 5.78. The number of nitrogens with one attached hydrogen (secondary N) is 1. The first kappa shape index (κ1) is 28.3. The summed E-state index contributed by atoms with van der Waals surface area (Å²) in [5.41, 5.74) is 2.29. The van der Waals surface area contributed by atoms with Crippen LogP contribution in [0.5, 0.6) is 0 Å². The van der Waals surface area contributed by atoms with Gasteiger partial charge in [0.15, 0.2) is 15.5 Å². The van der Waals surface area contributed by atoms with Crippen molar-refractivity contribution in [2.45, 2.75) is 66.5 Å². The second kappa shape index (κ2) is 9.13. The molecule has 40 heavy (non-hydrogen) atoms. The molecule has 5 rings (SSSR count). The standard InChI is InChI=1S/C26H28F5N5O2S2/c1-17(2)26-35-34-25-15-32-24(16-36(25)26)18-3-9-21(10-4-18)39(37,38)22-11-5-19(6-12-22)33-20-7-13-23(14-8-20)40(27,28,29,30)31/h3-4,7-10,13-17,19,22,33H,5-6,11-12H2,1-2H3. The van der Waals surface area contributed by atoms with E-state index in [1.54, 1.807) is 30.5 Å². The van der Waals surface area contributed by atoms with Crippen LogP contribution in [0.3, 0.4) is 0 Å². The van der Waals surface area contributed by atoms with E-state index in [1.165, 1.54) is 0 Å². The SMILES string of the molecule is CC(C)c1nnc2cnc(-c3ccc(S(=O)(=O)C4CCC(Nc5ccc(S(F)(F)(F)(F)F)cc5)CC4)cc3)cn12. The van der Waals surface area contributed by atoms with E-state index in [9.17, 15) is 27.8 Å². The summed E-state index contributed by atoms with van der Waals surface area (Å²) in [5, 5.41) is 10.7. The summed E-state index contributed by atoms with van der Waals surface area (Å²) in [4.78, 5) is 2.69. The topological polar surface area (TPSA) is 89.2 Å². The average molecular weight is 602 g/mol. The Kier molecular flexibility index (Phi) is 6.45. The summed E-state index contributed by atoms with van der Waals surface area (Å²) in [7, 11) is -13.3. The van der Waals surface area contributed by atoms with Crippen LogP contribution < -0.4 is 5.32 Å². The minimum Gasteiger partial charge on any atom is -0.382 e. The molecule has 0 bridgehead atoms. The lowest BCUT2D eigenvalue weighted by molar-refractivity contribution is 0.364. The first-order valence-corrected chi connectivity index (χ1v) is 16.2. The molecule has 0 spiro atoms. The lowest BCUT2D eigenvalue weighted by Gasteiger charge is -2.40. The fourth-order valence-corrected chi connectivity index (χ4v) is 7.37. The van der Waals surface area contributed by atoms with E-state index in [0.29, 0.717) is 49.2 Å². The molecular formula is C26H28F5N5O2S2. The fraction of sp³-hybridized carbons (Fsp3) is 0.346. The second-order valence-electron chi connectivity index (χ2n) is 10.4. The van der Waals surface area contributed by atoms with Crippen molar-refractivity contribution in [3.8, 4) is 11.3 Å². The van der Waals surface area contributed by atoms with Crippen molar-refractivity contribution >= 4 is 31.4 Å². The van der Waals surface area contributed by atoms with E-state index in [4.69, 9.17) is 0 Å². The lowest BCUT2D eigenvalue weighted by Crippen LogP contribution is -2.32. The molecule has 216 valence electrons. The van der Waals surface area contributed by atoms with Gasteiger partial charge in [-0.2, -0.15) is 0 Å². The fourth-order valence-electron chi connectivity index (χ4n) is 4.93. The number of aromatic nitrogens is 4. The third-order valence-electron chi connectivity index (χ3n) is 7.10. The maximum atomic E-state index is 13.3. The molecule has 2 aromatic heterocycles. The highest BCUT2D eigenvalue weighted by molar-refractivity contribution is 8.45. The average Bonchev–Trinajstić information content (AvgIpc) is 3.32. The van der Waals surface area contributed by atoms with E-state index < -0.39 is 30.2 Å². The van der Waals surface area contributed by atoms with E-state index in [-0.39, 0.29) is 22.5 Å². The number of halogens is 5. The van der Waals surface area contributed by atoms with Crippen molar-refractivity contribution in [3.63, 3.8) is 0 Å². The zero-order chi connectivity index (χ0) is 29.0. The van der Waals surface area contributed by atoms with Crippen molar-refractivity contribution in [1.29, 1.82) is 0 Å². The highest BCUT2D eigenvalue weighted by Crippen LogP contribution is 3.02. The summed E-state index contributed by atoms with van der Waals surface area (Å²) in [6.07, 6.45) is 5.08. The van der Waals surface area contributed by atoms with Crippen molar-refractivity contribution in [2.24, 2.45) is 0 Å². The highest BCUT2D eigenvalue weighted by Gasteiger charge is 2.65. The molecule has 0 saturated heterocycles. The number of hydrogen-bond acceptors (Lipinski definition) is 6. The Labute approximate surface area is 228 Å². The number of anilines is 1. The predicted molar refractivity (Wildman–Crippen MR) is 145 cm³/mol.